The van der Waals surface area contributed by atoms with Gasteiger partial charge in [0.05, 0.1) is 19.5 Å². The van der Waals surface area contributed by atoms with E-state index in [4.69, 9.17) is 24.3 Å². The van der Waals surface area contributed by atoms with Crippen LogP contribution in [0.15, 0.2) is 25.3 Å². The SMILES string of the molecule is C=C[C@@]1(OCP(=O)(OCC)OCC)CC[C@H](n2cnc3c(N)ncnc32)O1. The van der Waals surface area contributed by atoms with Gasteiger partial charge in [-0.3, -0.25) is 9.13 Å². The Labute approximate surface area is 157 Å². The first kappa shape index (κ1) is 19.9. The molecule has 27 heavy (non-hydrogen) atoms. The minimum absolute atomic E-state index is 0.229. The molecule has 0 spiro atoms. The number of anilines is 1. The number of nitrogens with zero attached hydrogens (tertiary/aromatic N) is 4. The van der Waals surface area contributed by atoms with Gasteiger partial charge in [-0.05, 0) is 26.3 Å². The molecule has 10 nitrogen and oxygen atoms in total. The van der Waals surface area contributed by atoms with Crippen molar-refractivity contribution in [2.45, 2.75) is 38.7 Å². The maximum absolute atomic E-state index is 12.6. The Hall–Kier alpha value is -1.84. The van der Waals surface area contributed by atoms with E-state index in [2.05, 4.69) is 21.5 Å². The Bertz CT molecular complexity index is 849. The number of fused-ring (bicyclic) bond motifs is 1. The Kier molecular flexibility index (Phi) is 5.92. The molecule has 11 heteroatoms. The lowest BCUT2D eigenvalue weighted by molar-refractivity contribution is -0.199. The van der Waals surface area contributed by atoms with Gasteiger partial charge < -0.3 is 24.3 Å². The predicted molar refractivity (Wildman–Crippen MR) is 98.8 cm³/mol. The van der Waals surface area contributed by atoms with Crippen LogP contribution in [0, 0.1) is 0 Å². The van der Waals surface area contributed by atoms with Crippen molar-refractivity contribution < 1.29 is 23.1 Å². The molecule has 3 heterocycles. The molecule has 0 radical (unpaired) electrons. The number of rotatable bonds is 9. The van der Waals surface area contributed by atoms with E-state index in [1.165, 1.54) is 6.33 Å². The molecule has 0 aromatic carbocycles. The second kappa shape index (κ2) is 8.04. The molecule has 2 aromatic rings. The van der Waals surface area contributed by atoms with Crippen molar-refractivity contribution in [1.82, 2.24) is 19.5 Å². The molecule has 1 saturated heterocycles. The molecule has 2 N–H and O–H groups in total. The smallest absolute Gasteiger partial charge is 0.356 e. The summed E-state index contributed by atoms with van der Waals surface area (Å²) in [6.45, 7) is 7.81. The summed E-state index contributed by atoms with van der Waals surface area (Å²) in [5, 5.41) is 0. The van der Waals surface area contributed by atoms with Crippen molar-refractivity contribution in [3.05, 3.63) is 25.3 Å². The Morgan fingerprint density at radius 3 is 2.81 bits per heavy atom. The molecule has 0 saturated carbocycles. The topological polar surface area (TPSA) is 124 Å². The van der Waals surface area contributed by atoms with Crippen molar-refractivity contribution in [2.24, 2.45) is 0 Å². The van der Waals surface area contributed by atoms with Crippen molar-refractivity contribution in [2.75, 3.05) is 25.3 Å². The van der Waals surface area contributed by atoms with Crippen LogP contribution in [0.1, 0.15) is 32.9 Å². The Morgan fingerprint density at radius 2 is 2.15 bits per heavy atom. The van der Waals surface area contributed by atoms with Gasteiger partial charge in [-0.15, -0.1) is 0 Å². The fourth-order valence-electron chi connectivity index (χ4n) is 2.96. The van der Waals surface area contributed by atoms with Crippen LogP contribution in [0.2, 0.25) is 0 Å². The zero-order valence-corrected chi connectivity index (χ0v) is 16.3. The number of hydrogen-bond acceptors (Lipinski definition) is 9. The summed E-state index contributed by atoms with van der Waals surface area (Å²) in [5.74, 6) is -0.804. The standard InChI is InChI=1S/C16H24N5O5P/c1-4-16(23-11-27(22,24-5-2)25-6-3)8-7-12(26-16)21-10-20-13-14(17)18-9-19-15(13)21/h4,9-10,12H,1,5-8,11H2,2-3H3,(H2,17,18,19)/t12-,16+/m1/s1. The number of ether oxygens (including phenoxy) is 2. The lowest BCUT2D eigenvalue weighted by Gasteiger charge is -2.28. The van der Waals surface area contributed by atoms with E-state index in [1.54, 1.807) is 30.8 Å². The van der Waals surface area contributed by atoms with E-state index < -0.39 is 13.4 Å². The molecule has 0 aliphatic carbocycles. The van der Waals surface area contributed by atoms with Gasteiger partial charge in [0.2, 0.25) is 0 Å². The van der Waals surface area contributed by atoms with Crippen LogP contribution in [-0.4, -0.2) is 44.9 Å². The summed E-state index contributed by atoms with van der Waals surface area (Å²) in [5.41, 5.74) is 6.91. The molecule has 1 aliphatic heterocycles. The van der Waals surface area contributed by atoms with Gasteiger partial charge in [0.25, 0.3) is 0 Å². The summed E-state index contributed by atoms with van der Waals surface area (Å²) < 4.78 is 36.9. The Balaban J connectivity index is 1.76. The normalized spacial score (nSPS) is 23.1. The number of imidazole rings is 1. The average Bonchev–Trinajstić information content (AvgIpc) is 3.26. The highest BCUT2D eigenvalue weighted by Crippen LogP contribution is 2.50. The summed E-state index contributed by atoms with van der Waals surface area (Å²) in [6.07, 6.45) is 5.05. The monoisotopic (exact) mass is 397 g/mol. The molecule has 1 fully saturated rings. The minimum atomic E-state index is -3.36. The van der Waals surface area contributed by atoms with E-state index in [0.29, 0.717) is 29.8 Å². The highest BCUT2D eigenvalue weighted by Gasteiger charge is 2.42. The number of hydrogen-bond donors (Lipinski definition) is 1. The van der Waals surface area contributed by atoms with Crippen LogP contribution in [-0.2, 0) is 23.1 Å². The van der Waals surface area contributed by atoms with Crippen LogP contribution in [0.5, 0.6) is 0 Å². The molecule has 148 valence electrons. The lowest BCUT2D eigenvalue weighted by atomic mass is 10.2. The van der Waals surface area contributed by atoms with E-state index in [1.807, 2.05) is 0 Å². The highest BCUT2D eigenvalue weighted by atomic mass is 31.2. The van der Waals surface area contributed by atoms with Crippen molar-refractivity contribution in [3.63, 3.8) is 0 Å². The van der Waals surface area contributed by atoms with Crippen LogP contribution in [0.4, 0.5) is 5.82 Å². The van der Waals surface area contributed by atoms with E-state index in [9.17, 15) is 4.57 Å². The van der Waals surface area contributed by atoms with Crippen LogP contribution < -0.4 is 5.73 Å². The maximum Gasteiger partial charge on any atom is 0.356 e. The van der Waals surface area contributed by atoms with Crippen molar-refractivity contribution >= 4 is 24.6 Å². The molecule has 1 aliphatic rings. The van der Waals surface area contributed by atoms with Crippen molar-refractivity contribution in [1.29, 1.82) is 0 Å². The predicted octanol–water partition coefficient (Wildman–Crippen LogP) is 2.84. The zero-order valence-electron chi connectivity index (χ0n) is 15.4. The third kappa shape index (κ3) is 4.04. The van der Waals surface area contributed by atoms with Gasteiger partial charge in [-0.2, -0.15) is 0 Å². The first-order valence-corrected chi connectivity index (χ1v) is 10.4. The molecule has 3 rings (SSSR count). The lowest BCUT2D eigenvalue weighted by Crippen LogP contribution is -2.30. The van der Waals surface area contributed by atoms with Gasteiger partial charge in [-0.25, -0.2) is 15.0 Å². The summed E-state index contributed by atoms with van der Waals surface area (Å²) >= 11 is 0. The van der Waals surface area contributed by atoms with E-state index in [-0.39, 0.29) is 25.8 Å². The molecular formula is C16H24N5O5P. The number of nitrogen functional groups attached to an aromatic ring is 1. The molecule has 0 unspecified atom stereocenters. The largest absolute Gasteiger partial charge is 0.382 e. The number of nitrogens with two attached hydrogens (primary N) is 1. The third-order valence-electron chi connectivity index (χ3n) is 4.20. The first-order valence-electron chi connectivity index (χ1n) is 8.72. The third-order valence-corrected chi connectivity index (χ3v) is 5.95. The van der Waals surface area contributed by atoms with Crippen molar-refractivity contribution in [3.8, 4) is 0 Å². The average molecular weight is 397 g/mol. The summed E-state index contributed by atoms with van der Waals surface area (Å²) in [6, 6.07) is 0. The zero-order chi connectivity index (χ0) is 19.5. The fourth-order valence-corrected chi connectivity index (χ4v) is 4.35. The molecular weight excluding hydrogens is 373 g/mol. The highest BCUT2D eigenvalue weighted by molar-refractivity contribution is 7.53. The maximum atomic E-state index is 12.6. The minimum Gasteiger partial charge on any atom is -0.382 e. The first-order chi connectivity index (χ1) is 13.0. The van der Waals surface area contributed by atoms with E-state index >= 15 is 0 Å². The molecule has 2 aromatic heterocycles. The molecule has 2 atom stereocenters. The van der Waals surface area contributed by atoms with Gasteiger partial charge in [0.1, 0.15) is 18.1 Å². The Morgan fingerprint density at radius 1 is 1.41 bits per heavy atom. The fraction of sp³-hybridized carbons (Fsp3) is 0.562. The van der Waals surface area contributed by atoms with Gasteiger partial charge >= 0.3 is 7.60 Å². The second-order valence-electron chi connectivity index (χ2n) is 5.93. The molecule has 0 bridgehead atoms. The summed E-state index contributed by atoms with van der Waals surface area (Å²) in [7, 11) is -3.36. The van der Waals surface area contributed by atoms with E-state index in [0.717, 1.165) is 0 Å². The van der Waals surface area contributed by atoms with Crippen LogP contribution >= 0.6 is 7.60 Å². The van der Waals surface area contributed by atoms with Gasteiger partial charge in [0, 0.05) is 6.42 Å². The van der Waals surface area contributed by atoms with Crippen LogP contribution in [0.3, 0.4) is 0 Å². The second-order valence-corrected chi connectivity index (χ2v) is 7.93. The molecule has 0 amide bonds. The summed E-state index contributed by atoms with van der Waals surface area (Å²) in [4.78, 5) is 12.4. The van der Waals surface area contributed by atoms with Gasteiger partial charge in [0.15, 0.2) is 23.6 Å². The van der Waals surface area contributed by atoms with Gasteiger partial charge in [-0.1, -0.05) is 6.58 Å². The number of aromatic nitrogens is 4. The van der Waals surface area contributed by atoms with Crippen LogP contribution in [0.25, 0.3) is 11.2 Å². The quantitative estimate of drug-likeness (QED) is 0.502.